The van der Waals surface area contributed by atoms with E-state index in [0.717, 1.165) is 17.0 Å². The molecule has 0 atom stereocenters. The predicted molar refractivity (Wildman–Crippen MR) is 113 cm³/mol. The number of carbonyl (C=O) groups excluding carboxylic acids is 3. The van der Waals surface area contributed by atoms with Crippen molar-refractivity contribution in [2.75, 3.05) is 26.0 Å². The number of aryl methyl sites for hydroxylation is 2. The molecule has 2 aromatic heterocycles. The standard InChI is InChI=1S/C20H28N4O4S/c1-8-10-28-20(27)14-11(3)16(19(26)23(6)7)29-18(14)21-17(25)15-12(4)22-24(9-2)13(15)5/h8-10H2,1-7H3,(H,21,25). The van der Waals surface area contributed by atoms with Crippen LogP contribution in [0.1, 0.15) is 67.6 Å². The number of anilines is 1. The fourth-order valence-electron chi connectivity index (χ4n) is 3.02. The smallest absolute Gasteiger partial charge is 0.341 e. The van der Waals surface area contributed by atoms with Gasteiger partial charge in [-0.15, -0.1) is 11.3 Å². The monoisotopic (exact) mass is 420 g/mol. The summed E-state index contributed by atoms with van der Waals surface area (Å²) in [4.78, 5) is 40.0. The van der Waals surface area contributed by atoms with Gasteiger partial charge in [0.2, 0.25) is 0 Å². The molecule has 9 heteroatoms. The first-order valence-corrected chi connectivity index (χ1v) is 10.3. The minimum atomic E-state index is -0.550. The second kappa shape index (κ2) is 9.21. The quantitative estimate of drug-likeness (QED) is 0.693. The average molecular weight is 421 g/mol. The Morgan fingerprint density at radius 1 is 1.14 bits per heavy atom. The first-order chi connectivity index (χ1) is 13.6. The summed E-state index contributed by atoms with van der Waals surface area (Å²) in [6.45, 7) is 10.0. The van der Waals surface area contributed by atoms with Crippen LogP contribution in [-0.4, -0.2) is 53.2 Å². The van der Waals surface area contributed by atoms with Crippen LogP contribution in [0, 0.1) is 20.8 Å². The van der Waals surface area contributed by atoms with E-state index in [1.807, 2.05) is 20.8 Å². The minimum Gasteiger partial charge on any atom is -0.462 e. The van der Waals surface area contributed by atoms with E-state index in [2.05, 4.69) is 10.4 Å². The molecule has 2 heterocycles. The number of ether oxygens (including phenoxy) is 1. The number of hydrogen-bond donors (Lipinski definition) is 1. The van der Waals surface area contributed by atoms with Gasteiger partial charge >= 0.3 is 5.97 Å². The molecule has 0 fully saturated rings. The number of nitrogens with zero attached hydrogens (tertiary/aromatic N) is 3. The van der Waals surface area contributed by atoms with Crippen LogP contribution in [0.3, 0.4) is 0 Å². The summed E-state index contributed by atoms with van der Waals surface area (Å²) in [7, 11) is 3.28. The van der Waals surface area contributed by atoms with Crippen LogP contribution < -0.4 is 5.32 Å². The van der Waals surface area contributed by atoms with Crippen LogP contribution in [-0.2, 0) is 11.3 Å². The van der Waals surface area contributed by atoms with Crippen LogP contribution in [0.5, 0.6) is 0 Å². The molecule has 158 valence electrons. The zero-order chi connectivity index (χ0) is 21.9. The third kappa shape index (κ3) is 4.50. The second-order valence-corrected chi connectivity index (χ2v) is 7.93. The molecule has 1 N–H and O–H groups in total. The second-order valence-electron chi connectivity index (χ2n) is 6.91. The van der Waals surface area contributed by atoms with Crippen molar-refractivity contribution < 1.29 is 19.1 Å². The highest BCUT2D eigenvalue weighted by Crippen LogP contribution is 2.35. The van der Waals surface area contributed by atoms with Gasteiger partial charge in [-0.1, -0.05) is 6.92 Å². The Morgan fingerprint density at radius 2 is 1.79 bits per heavy atom. The van der Waals surface area contributed by atoms with Gasteiger partial charge in [0.05, 0.1) is 28.3 Å². The van der Waals surface area contributed by atoms with Crippen molar-refractivity contribution in [3.05, 3.63) is 33.0 Å². The van der Waals surface area contributed by atoms with Crippen LogP contribution >= 0.6 is 11.3 Å². The first kappa shape index (κ1) is 22.6. The molecule has 29 heavy (non-hydrogen) atoms. The molecule has 0 aromatic carbocycles. The van der Waals surface area contributed by atoms with Gasteiger partial charge in [-0.2, -0.15) is 5.10 Å². The number of esters is 1. The number of amides is 2. The van der Waals surface area contributed by atoms with Gasteiger partial charge in [0.25, 0.3) is 11.8 Å². The lowest BCUT2D eigenvalue weighted by Gasteiger charge is -2.09. The lowest BCUT2D eigenvalue weighted by atomic mass is 10.1. The summed E-state index contributed by atoms with van der Waals surface area (Å²) in [5.41, 5.74) is 2.54. The van der Waals surface area contributed by atoms with E-state index in [4.69, 9.17) is 4.74 Å². The van der Waals surface area contributed by atoms with Crippen molar-refractivity contribution in [1.29, 1.82) is 0 Å². The Hall–Kier alpha value is -2.68. The zero-order valence-electron chi connectivity index (χ0n) is 18.0. The van der Waals surface area contributed by atoms with E-state index in [1.54, 1.807) is 32.6 Å². The highest BCUT2D eigenvalue weighted by atomic mass is 32.1. The highest BCUT2D eigenvalue weighted by Gasteiger charge is 2.28. The fourth-order valence-corrected chi connectivity index (χ4v) is 4.23. The summed E-state index contributed by atoms with van der Waals surface area (Å²) in [5, 5.41) is 7.49. The Bertz CT molecular complexity index is 943. The van der Waals surface area contributed by atoms with E-state index in [-0.39, 0.29) is 24.0 Å². The summed E-state index contributed by atoms with van der Waals surface area (Å²) in [6, 6.07) is 0. The molecule has 2 amide bonds. The van der Waals surface area contributed by atoms with E-state index < -0.39 is 5.97 Å². The lowest BCUT2D eigenvalue weighted by Crippen LogP contribution is -2.21. The van der Waals surface area contributed by atoms with Crippen LogP contribution in [0.2, 0.25) is 0 Å². The molecular formula is C20H28N4O4S. The molecule has 0 bridgehead atoms. The molecule has 8 nitrogen and oxygen atoms in total. The van der Waals surface area contributed by atoms with Gasteiger partial charge in [0, 0.05) is 26.3 Å². The number of rotatable bonds is 7. The van der Waals surface area contributed by atoms with Crippen molar-refractivity contribution in [2.45, 2.75) is 47.6 Å². The maximum atomic E-state index is 13.0. The summed E-state index contributed by atoms with van der Waals surface area (Å²) in [5.74, 6) is -1.15. The Balaban J connectivity index is 2.49. The molecule has 0 aliphatic carbocycles. The normalized spacial score (nSPS) is 10.7. The largest absolute Gasteiger partial charge is 0.462 e. The van der Waals surface area contributed by atoms with Gasteiger partial charge in [-0.05, 0) is 39.7 Å². The van der Waals surface area contributed by atoms with Crippen LogP contribution in [0.15, 0.2) is 0 Å². The Labute approximate surface area is 174 Å². The molecule has 0 saturated heterocycles. The maximum Gasteiger partial charge on any atom is 0.341 e. The molecule has 0 spiro atoms. The molecule has 2 rings (SSSR count). The SMILES string of the molecule is CCCOC(=O)c1c(NC(=O)c2c(C)nn(CC)c2C)sc(C(=O)N(C)C)c1C. The molecule has 0 unspecified atom stereocenters. The number of nitrogens with one attached hydrogen (secondary N) is 1. The lowest BCUT2D eigenvalue weighted by molar-refractivity contribution is 0.0506. The number of thiophene rings is 1. The van der Waals surface area contributed by atoms with E-state index >= 15 is 0 Å². The van der Waals surface area contributed by atoms with E-state index in [0.29, 0.717) is 39.7 Å². The van der Waals surface area contributed by atoms with E-state index in [9.17, 15) is 14.4 Å². The molecule has 0 radical (unpaired) electrons. The minimum absolute atomic E-state index is 0.222. The maximum absolute atomic E-state index is 13.0. The van der Waals surface area contributed by atoms with Crippen LogP contribution in [0.4, 0.5) is 5.00 Å². The number of aromatic nitrogens is 2. The van der Waals surface area contributed by atoms with Crippen molar-refractivity contribution in [2.24, 2.45) is 0 Å². The van der Waals surface area contributed by atoms with Gasteiger partial charge in [-0.3, -0.25) is 14.3 Å². The molecule has 0 aliphatic heterocycles. The topological polar surface area (TPSA) is 93.5 Å². The predicted octanol–water partition coefficient (Wildman–Crippen LogP) is 3.41. The molecule has 0 saturated carbocycles. The van der Waals surface area contributed by atoms with Crippen molar-refractivity contribution in [1.82, 2.24) is 14.7 Å². The third-order valence-corrected chi connectivity index (χ3v) is 5.72. The average Bonchev–Trinajstić information content (AvgIpc) is 3.14. The highest BCUT2D eigenvalue weighted by molar-refractivity contribution is 7.18. The number of hydrogen-bond acceptors (Lipinski definition) is 6. The molecular weight excluding hydrogens is 392 g/mol. The number of carbonyl (C=O) groups is 3. The van der Waals surface area contributed by atoms with Crippen LogP contribution in [0.25, 0.3) is 0 Å². The first-order valence-electron chi connectivity index (χ1n) is 9.51. The third-order valence-electron chi connectivity index (χ3n) is 4.52. The van der Waals surface area contributed by atoms with Crippen molar-refractivity contribution >= 4 is 34.1 Å². The van der Waals surface area contributed by atoms with E-state index in [1.165, 1.54) is 4.90 Å². The van der Waals surface area contributed by atoms with Gasteiger partial charge in [0.15, 0.2) is 0 Å². The summed E-state index contributed by atoms with van der Waals surface area (Å²) >= 11 is 1.08. The van der Waals surface area contributed by atoms with Gasteiger partial charge < -0.3 is 15.0 Å². The molecule has 0 aliphatic rings. The molecule has 2 aromatic rings. The fraction of sp³-hybridized carbons (Fsp3) is 0.500. The summed E-state index contributed by atoms with van der Waals surface area (Å²) < 4.78 is 7.03. The van der Waals surface area contributed by atoms with Gasteiger partial charge in [0.1, 0.15) is 5.00 Å². The zero-order valence-corrected chi connectivity index (χ0v) is 18.8. The Kier molecular flexibility index (Phi) is 7.18. The van der Waals surface area contributed by atoms with Crippen molar-refractivity contribution in [3.8, 4) is 0 Å². The van der Waals surface area contributed by atoms with Gasteiger partial charge in [-0.25, -0.2) is 4.79 Å². The summed E-state index contributed by atoms with van der Waals surface area (Å²) in [6.07, 6.45) is 0.675. The Morgan fingerprint density at radius 3 is 2.31 bits per heavy atom. The van der Waals surface area contributed by atoms with Crippen molar-refractivity contribution in [3.63, 3.8) is 0 Å².